The van der Waals surface area contributed by atoms with Crippen LogP contribution in [0.3, 0.4) is 0 Å². The molecule has 2 aromatic carbocycles. The van der Waals surface area contributed by atoms with Crippen LogP contribution in [-0.2, 0) is 31.6 Å². The summed E-state index contributed by atoms with van der Waals surface area (Å²) in [6, 6.07) is 9.48. The first-order valence-electron chi connectivity index (χ1n) is 15.0. The fraction of sp³-hybridized carbons (Fsp3) is 0.515. The highest BCUT2D eigenvalue weighted by Gasteiger charge is 2.55. The molecule has 0 spiro atoms. The van der Waals surface area contributed by atoms with Gasteiger partial charge in [-0.25, -0.2) is 4.79 Å². The average Bonchev–Trinajstić information content (AvgIpc) is 3.36. The highest BCUT2D eigenvalue weighted by atomic mass is 79.9. The number of halogens is 1. The molecule has 6 rings (SSSR count). The summed E-state index contributed by atoms with van der Waals surface area (Å²) in [6.45, 7) is 1.67. The highest BCUT2D eigenvalue weighted by Crippen LogP contribution is 2.51. The summed E-state index contributed by atoms with van der Waals surface area (Å²) in [4.78, 5) is 29.5. The van der Waals surface area contributed by atoms with Crippen LogP contribution in [0.15, 0.2) is 30.3 Å². The Balaban J connectivity index is 1.31. The minimum absolute atomic E-state index is 0.0455. The monoisotopic (exact) mass is 686 g/mol. The lowest BCUT2D eigenvalue weighted by Gasteiger charge is -2.53. The fourth-order valence-electron chi connectivity index (χ4n) is 8.05. The van der Waals surface area contributed by atoms with E-state index in [1.165, 1.54) is 38.0 Å². The van der Waals surface area contributed by atoms with Crippen LogP contribution in [0, 0.1) is 17.8 Å². The molecule has 1 saturated heterocycles. The second-order valence-corrected chi connectivity index (χ2v) is 12.3. The number of nitrogens with zero attached hydrogens (tertiary/aromatic N) is 2. The summed E-state index contributed by atoms with van der Waals surface area (Å²) in [5, 5.41) is 1.24. The Morgan fingerprint density at radius 2 is 1.67 bits per heavy atom. The summed E-state index contributed by atoms with van der Waals surface area (Å²) >= 11 is 2.94. The second kappa shape index (κ2) is 12.7. The molecule has 1 aliphatic carbocycles. The predicted molar refractivity (Wildman–Crippen MR) is 168 cm³/mol. The van der Waals surface area contributed by atoms with Gasteiger partial charge in [-0.3, -0.25) is 9.69 Å². The molecule has 3 aliphatic rings. The molecule has 0 N–H and O–H groups in total. The summed E-state index contributed by atoms with van der Waals surface area (Å²) in [5.41, 5.74) is 4.00. The first-order chi connectivity index (χ1) is 21.8. The van der Waals surface area contributed by atoms with Gasteiger partial charge in [0.2, 0.25) is 5.75 Å². The van der Waals surface area contributed by atoms with Gasteiger partial charge in [0.1, 0.15) is 18.0 Å². The van der Waals surface area contributed by atoms with Crippen LogP contribution in [0.5, 0.6) is 23.0 Å². The van der Waals surface area contributed by atoms with Crippen molar-refractivity contribution < 1.29 is 41.8 Å². The Kier molecular flexibility index (Phi) is 8.91. The standard InChI is InChI=1S/C33H39BrN2O9/c1-35-23-14-19(39-2)7-8-20(23)21-9-10-36-16-18-13-27(31(43-6)28(33(38)45-34)22(18)15-24(36)29(21)35)44-32(37)17-11-25(40-3)30(42-5)26(12-17)41-4/h7-8,11-12,14,18,22,24,27-28,31H,9-10,13,15-16H2,1-6H3. The second-order valence-electron chi connectivity index (χ2n) is 11.9. The van der Waals surface area contributed by atoms with Crippen molar-refractivity contribution in [3.8, 4) is 23.0 Å². The van der Waals surface area contributed by atoms with Crippen molar-refractivity contribution in [3.05, 3.63) is 47.2 Å². The van der Waals surface area contributed by atoms with Gasteiger partial charge in [-0.15, -0.1) is 0 Å². The lowest BCUT2D eigenvalue weighted by atomic mass is 9.64. The zero-order valence-corrected chi connectivity index (χ0v) is 27.9. The summed E-state index contributed by atoms with van der Waals surface area (Å²) in [5.74, 6) is 0.256. The Bertz CT molecular complexity index is 1580. The lowest BCUT2D eigenvalue weighted by Crippen LogP contribution is -2.58. The first kappa shape index (κ1) is 31.5. The van der Waals surface area contributed by atoms with Gasteiger partial charge >= 0.3 is 11.9 Å². The maximum atomic E-state index is 13.6. The van der Waals surface area contributed by atoms with E-state index in [9.17, 15) is 9.59 Å². The van der Waals surface area contributed by atoms with E-state index in [2.05, 4.69) is 44.9 Å². The topological polar surface area (TPSA) is 107 Å². The largest absolute Gasteiger partial charge is 0.497 e. The van der Waals surface area contributed by atoms with Crippen LogP contribution in [0.4, 0.5) is 0 Å². The number of ether oxygens (including phenoxy) is 6. The van der Waals surface area contributed by atoms with Gasteiger partial charge in [0.15, 0.2) is 27.8 Å². The van der Waals surface area contributed by atoms with Gasteiger partial charge in [0, 0.05) is 44.4 Å². The molecule has 3 heterocycles. The van der Waals surface area contributed by atoms with Gasteiger partial charge in [0.05, 0.1) is 51.5 Å². The van der Waals surface area contributed by atoms with Gasteiger partial charge in [-0.1, -0.05) is 0 Å². The van der Waals surface area contributed by atoms with E-state index >= 15 is 0 Å². The molecule has 242 valence electrons. The van der Waals surface area contributed by atoms with Crippen molar-refractivity contribution in [1.82, 2.24) is 9.47 Å². The number of carbonyl (C=O) groups excluding carboxylic acids is 2. The number of esters is 1. The molecule has 0 radical (unpaired) electrons. The Labute approximate surface area is 271 Å². The third-order valence-electron chi connectivity index (χ3n) is 10.0. The number of hydrogen-bond donors (Lipinski definition) is 0. The molecule has 6 atom stereocenters. The molecule has 1 aromatic heterocycles. The number of hydrogen-bond acceptors (Lipinski definition) is 10. The number of fused-ring (bicyclic) bond motifs is 6. The van der Waals surface area contributed by atoms with E-state index in [1.54, 1.807) is 26.4 Å². The minimum atomic E-state index is -0.700. The number of aromatic nitrogens is 1. The summed E-state index contributed by atoms with van der Waals surface area (Å²) in [6.07, 6.45) is 0.850. The van der Waals surface area contributed by atoms with Gasteiger partial charge < -0.3 is 36.8 Å². The van der Waals surface area contributed by atoms with Crippen molar-refractivity contribution in [2.75, 3.05) is 48.6 Å². The van der Waals surface area contributed by atoms with E-state index in [1.807, 2.05) is 6.07 Å². The molecule has 45 heavy (non-hydrogen) atoms. The van der Waals surface area contributed by atoms with Crippen LogP contribution >= 0.6 is 16.3 Å². The van der Waals surface area contributed by atoms with E-state index in [0.29, 0.717) is 23.7 Å². The van der Waals surface area contributed by atoms with E-state index in [-0.39, 0.29) is 23.4 Å². The van der Waals surface area contributed by atoms with Crippen molar-refractivity contribution >= 4 is 39.1 Å². The van der Waals surface area contributed by atoms with Gasteiger partial charge in [-0.05, 0) is 60.9 Å². The first-order valence-corrected chi connectivity index (χ1v) is 15.7. The number of piperidine rings is 1. The summed E-state index contributed by atoms with van der Waals surface area (Å²) in [7, 11) is 9.81. The Morgan fingerprint density at radius 1 is 0.933 bits per heavy atom. The van der Waals surface area contributed by atoms with Crippen molar-refractivity contribution in [1.29, 1.82) is 0 Å². The molecule has 11 nitrogen and oxygen atoms in total. The third kappa shape index (κ3) is 5.30. The van der Waals surface area contributed by atoms with Crippen molar-refractivity contribution in [2.45, 2.75) is 37.5 Å². The molecule has 0 amide bonds. The average molecular weight is 688 g/mol. The Hall–Kier alpha value is -3.48. The van der Waals surface area contributed by atoms with Crippen molar-refractivity contribution in [3.63, 3.8) is 0 Å². The number of benzene rings is 2. The maximum Gasteiger partial charge on any atom is 0.338 e. The molecule has 2 fully saturated rings. The minimum Gasteiger partial charge on any atom is -0.497 e. The van der Waals surface area contributed by atoms with Gasteiger partial charge in [0.25, 0.3) is 0 Å². The van der Waals surface area contributed by atoms with Crippen LogP contribution in [0.25, 0.3) is 10.9 Å². The third-order valence-corrected chi connectivity index (χ3v) is 10.4. The lowest BCUT2D eigenvalue weighted by molar-refractivity contribution is -0.169. The normalized spacial score (nSPS) is 25.8. The molecular formula is C33H39BrN2O9. The molecule has 1 saturated carbocycles. The van der Waals surface area contributed by atoms with Crippen LogP contribution in [0.2, 0.25) is 0 Å². The van der Waals surface area contributed by atoms with Gasteiger partial charge in [-0.2, -0.15) is 0 Å². The molecule has 6 unspecified atom stereocenters. The summed E-state index contributed by atoms with van der Waals surface area (Å²) < 4.78 is 41.3. The molecule has 12 heteroatoms. The molecular weight excluding hydrogens is 648 g/mol. The van der Waals surface area contributed by atoms with Crippen LogP contribution in [0.1, 0.15) is 40.5 Å². The SMILES string of the molecule is COc1ccc2c3c(n(C)c2c1)C1CC2C(CC(OC(=O)c4cc(OC)c(OC)c(OC)c4)C(OC)C2C(=O)OBr)CN1CC3. The predicted octanol–water partition coefficient (Wildman–Crippen LogP) is 4.86. The van der Waals surface area contributed by atoms with E-state index in [4.69, 9.17) is 32.2 Å². The number of rotatable bonds is 8. The zero-order valence-electron chi connectivity index (χ0n) is 26.3. The van der Waals surface area contributed by atoms with E-state index < -0.39 is 30.1 Å². The molecule has 3 aromatic rings. The highest BCUT2D eigenvalue weighted by molar-refractivity contribution is 9.06. The number of aryl methyl sites for hydroxylation is 1. The van der Waals surface area contributed by atoms with Crippen LogP contribution in [-0.4, -0.2) is 82.3 Å². The number of carbonyl (C=O) groups is 2. The quantitative estimate of drug-likeness (QED) is 0.305. The van der Waals surface area contributed by atoms with Crippen LogP contribution < -0.4 is 18.9 Å². The van der Waals surface area contributed by atoms with Crippen molar-refractivity contribution in [2.24, 2.45) is 24.8 Å². The Morgan fingerprint density at radius 3 is 2.29 bits per heavy atom. The molecule has 2 aliphatic heterocycles. The smallest absolute Gasteiger partial charge is 0.338 e. The number of methoxy groups -OCH3 is 5. The molecule has 0 bridgehead atoms. The fourth-order valence-corrected chi connectivity index (χ4v) is 8.27. The van der Waals surface area contributed by atoms with E-state index in [0.717, 1.165) is 37.2 Å². The maximum absolute atomic E-state index is 13.6. The zero-order chi connectivity index (χ0) is 32.0.